The summed E-state index contributed by atoms with van der Waals surface area (Å²) in [6, 6.07) is 10.1. The fraction of sp³-hybridized carbons (Fsp3) is 0.250. The highest BCUT2D eigenvalue weighted by atomic mass is 35.5. The second-order valence-corrected chi connectivity index (χ2v) is 7.40. The Kier molecular flexibility index (Phi) is 5.98. The van der Waals surface area contributed by atoms with Crippen LogP contribution in [0.3, 0.4) is 0 Å². The fourth-order valence-corrected chi connectivity index (χ4v) is 4.09. The van der Waals surface area contributed by atoms with Crippen LogP contribution in [0.1, 0.15) is 11.1 Å². The van der Waals surface area contributed by atoms with Crippen LogP contribution < -0.4 is 14.8 Å². The van der Waals surface area contributed by atoms with Gasteiger partial charge in [-0.1, -0.05) is 17.7 Å². The monoisotopic (exact) mass is 388 g/mol. The smallest absolute Gasteiger partial charge is 0.265 e. The van der Waals surface area contributed by atoms with Crippen LogP contribution in [0.4, 0.5) is 5.69 Å². The first kappa shape index (κ1) is 18.9. The first-order valence-electron chi connectivity index (χ1n) is 7.18. The van der Waals surface area contributed by atoms with Crippen LogP contribution >= 0.6 is 24.0 Å². The lowest BCUT2D eigenvalue weighted by Crippen LogP contribution is -2.23. The Morgan fingerprint density at radius 3 is 2.71 bits per heavy atom. The van der Waals surface area contributed by atoms with Crippen LogP contribution in [0.2, 0.25) is 5.02 Å². The molecule has 2 aromatic carbocycles. The predicted octanol–water partition coefficient (Wildman–Crippen LogP) is 3.22. The zero-order valence-corrected chi connectivity index (χ0v) is 15.4. The highest BCUT2D eigenvalue weighted by molar-refractivity contribution is 7.92. The van der Waals surface area contributed by atoms with Gasteiger partial charge in [0.15, 0.2) is 0 Å². The third-order valence-corrected chi connectivity index (χ3v) is 5.40. The number of nitrogens with one attached hydrogen (secondary N) is 2. The van der Waals surface area contributed by atoms with E-state index in [0.29, 0.717) is 10.7 Å². The molecule has 0 amide bonds. The lowest BCUT2D eigenvalue weighted by atomic mass is 10.0. The van der Waals surface area contributed by atoms with Crippen LogP contribution in [0.15, 0.2) is 41.3 Å². The first-order valence-corrected chi connectivity index (χ1v) is 9.04. The number of fused-ring (bicyclic) bond motifs is 1. The van der Waals surface area contributed by atoms with Gasteiger partial charge >= 0.3 is 0 Å². The van der Waals surface area contributed by atoms with E-state index in [1.807, 2.05) is 12.1 Å². The van der Waals surface area contributed by atoms with Crippen molar-refractivity contribution in [3.05, 3.63) is 52.5 Å². The van der Waals surface area contributed by atoms with E-state index in [9.17, 15) is 8.42 Å². The third-order valence-electron chi connectivity index (χ3n) is 3.76. The van der Waals surface area contributed by atoms with Crippen LogP contribution in [0, 0.1) is 0 Å². The molecule has 130 valence electrons. The molecule has 8 heteroatoms. The van der Waals surface area contributed by atoms with Gasteiger partial charge in [-0.15, -0.1) is 12.4 Å². The Balaban J connectivity index is 0.00000208. The molecule has 0 aromatic heterocycles. The normalized spacial score (nSPS) is 13.6. The lowest BCUT2D eigenvalue weighted by molar-refractivity contribution is 0.403. The molecule has 24 heavy (non-hydrogen) atoms. The van der Waals surface area contributed by atoms with Crippen molar-refractivity contribution in [2.45, 2.75) is 17.9 Å². The van der Waals surface area contributed by atoms with Crippen LogP contribution in [-0.2, 0) is 23.0 Å². The maximum Gasteiger partial charge on any atom is 0.265 e. The molecular formula is C16H18Cl2N2O3S. The van der Waals surface area contributed by atoms with Crippen LogP contribution in [0.5, 0.6) is 5.75 Å². The number of sulfonamides is 1. The SMILES string of the molecule is COc1ccc(Cl)cc1S(=O)(=O)Nc1ccc2c(c1)CCNC2.Cl. The van der Waals surface area contributed by atoms with E-state index >= 15 is 0 Å². The third kappa shape index (κ3) is 3.95. The van der Waals surface area contributed by atoms with Gasteiger partial charge in [0.2, 0.25) is 0 Å². The van der Waals surface area contributed by atoms with Gasteiger partial charge in [0.25, 0.3) is 10.0 Å². The summed E-state index contributed by atoms with van der Waals surface area (Å²) >= 11 is 5.92. The summed E-state index contributed by atoms with van der Waals surface area (Å²) in [6.45, 7) is 1.70. The number of benzene rings is 2. The summed E-state index contributed by atoms with van der Waals surface area (Å²) < 4.78 is 33.0. The summed E-state index contributed by atoms with van der Waals surface area (Å²) in [4.78, 5) is 0.0203. The largest absolute Gasteiger partial charge is 0.495 e. The van der Waals surface area contributed by atoms with Crippen molar-refractivity contribution in [1.82, 2.24) is 5.32 Å². The standard InChI is InChI=1S/C16H17ClN2O3S.ClH/c1-22-15-5-3-13(17)9-16(15)23(20,21)19-14-4-2-12-10-18-7-6-11(12)8-14;/h2-5,8-9,18-19H,6-7,10H2,1H3;1H. The maximum absolute atomic E-state index is 12.6. The van der Waals surface area contributed by atoms with Gasteiger partial charge in [0, 0.05) is 17.3 Å². The Morgan fingerprint density at radius 1 is 1.17 bits per heavy atom. The molecule has 0 fully saturated rings. The Morgan fingerprint density at radius 2 is 1.96 bits per heavy atom. The molecule has 0 saturated heterocycles. The number of anilines is 1. The molecule has 5 nitrogen and oxygen atoms in total. The highest BCUT2D eigenvalue weighted by Gasteiger charge is 2.21. The number of hydrogen-bond acceptors (Lipinski definition) is 4. The number of ether oxygens (including phenoxy) is 1. The Labute approximate surface area is 152 Å². The van der Waals surface area contributed by atoms with Crippen molar-refractivity contribution >= 4 is 39.7 Å². The van der Waals surface area contributed by atoms with Gasteiger partial charge in [-0.3, -0.25) is 4.72 Å². The van der Waals surface area contributed by atoms with E-state index in [2.05, 4.69) is 10.0 Å². The topological polar surface area (TPSA) is 67.4 Å². The molecule has 1 aliphatic rings. The Bertz CT molecular complexity index is 841. The molecule has 0 atom stereocenters. The molecule has 0 radical (unpaired) electrons. The molecule has 2 aromatic rings. The second-order valence-electron chi connectivity index (χ2n) is 5.31. The van der Waals surface area contributed by atoms with Crippen molar-refractivity contribution in [3.63, 3.8) is 0 Å². The van der Waals surface area contributed by atoms with Crippen LogP contribution in [0.25, 0.3) is 0 Å². The number of hydrogen-bond donors (Lipinski definition) is 2. The van der Waals surface area contributed by atoms with E-state index in [0.717, 1.165) is 25.1 Å². The van der Waals surface area contributed by atoms with E-state index < -0.39 is 10.0 Å². The summed E-state index contributed by atoms with van der Waals surface area (Å²) in [5.74, 6) is 0.254. The number of halogens is 2. The van der Waals surface area contributed by atoms with E-state index in [-0.39, 0.29) is 23.1 Å². The van der Waals surface area contributed by atoms with Crippen molar-refractivity contribution in [2.75, 3.05) is 18.4 Å². The zero-order valence-electron chi connectivity index (χ0n) is 13.0. The quantitative estimate of drug-likeness (QED) is 0.843. The van der Waals surface area contributed by atoms with E-state index in [1.54, 1.807) is 12.1 Å². The highest BCUT2D eigenvalue weighted by Crippen LogP contribution is 2.29. The molecule has 0 bridgehead atoms. The van der Waals surface area contributed by atoms with E-state index in [1.165, 1.54) is 24.8 Å². The molecular weight excluding hydrogens is 371 g/mol. The fourth-order valence-electron chi connectivity index (χ4n) is 2.61. The van der Waals surface area contributed by atoms with Gasteiger partial charge in [-0.25, -0.2) is 8.42 Å². The summed E-state index contributed by atoms with van der Waals surface area (Å²) in [6.07, 6.45) is 0.880. The minimum atomic E-state index is -3.78. The van der Waals surface area contributed by atoms with Gasteiger partial charge in [-0.2, -0.15) is 0 Å². The van der Waals surface area contributed by atoms with Gasteiger partial charge in [-0.05, 0) is 54.4 Å². The average Bonchev–Trinajstić information content (AvgIpc) is 2.54. The molecule has 2 N–H and O–H groups in total. The number of rotatable bonds is 4. The summed E-state index contributed by atoms with van der Waals surface area (Å²) in [7, 11) is -2.36. The predicted molar refractivity (Wildman–Crippen MR) is 97.9 cm³/mol. The van der Waals surface area contributed by atoms with E-state index in [4.69, 9.17) is 16.3 Å². The first-order chi connectivity index (χ1) is 11.0. The molecule has 0 unspecified atom stereocenters. The minimum absolute atomic E-state index is 0. The maximum atomic E-state index is 12.6. The van der Waals surface area contributed by atoms with Gasteiger partial charge in [0.1, 0.15) is 10.6 Å². The molecule has 0 spiro atoms. The van der Waals surface area contributed by atoms with Crippen molar-refractivity contribution in [3.8, 4) is 5.75 Å². The average molecular weight is 389 g/mol. The van der Waals surface area contributed by atoms with Crippen molar-refractivity contribution in [2.24, 2.45) is 0 Å². The molecule has 1 aliphatic heterocycles. The zero-order chi connectivity index (χ0) is 16.4. The van der Waals surface area contributed by atoms with Gasteiger partial charge in [0.05, 0.1) is 7.11 Å². The molecule has 0 aliphatic carbocycles. The number of methoxy groups -OCH3 is 1. The molecule has 3 rings (SSSR count). The Hall–Kier alpha value is -1.47. The lowest BCUT2D eigenvalue weighted by Gasteiger charge is -2.18. The molecule has 1 heterocycles. The summed E-state index contributed by atoms with van der Waals surface area (Å²) in [5.41, 5.74) is 2.88. The van der Waals surface area contributed by atoms with Gasteiger partial charge < -0.3 is 10.1 Å². The summed E-state index contributed by atoms with van der Waals surface area (Å²) in [5, 5.41) is 3.62. The van der Waals surface area contributed by atoms with Crippen molar-refractivity contribution in [1.29, 1.82) is 0 Å². The van der Waals surface area contributed by atoms with Crippen molar-refractivity contribution < 1.29 is 13.2 Å². The second kappa shape index (κ2) is 7.61. The minimum Gasteiger partial charge on any atom is -0.495 e. The molecule has 0 saturated carbocycles. The van der Waals surface area contributed by atoms with Crippen LogP contribution in [-0.4, -0.2) is 22.1 Å².